The predicted octanol–water partition coefficient (Wildman–Crippen LogP) is 4.85. The van der Waals surface area contributed by atoms with Crippen molar-refractivity contribution in [1.82, 2.24) is 4.90 Å². The standard InChI is InChI=1S/C22H23F3N2O4/c1-30-17-8-9-18(19(12-17)31-2)26-21(29)27-10-4-6-15(13-27)20(28)14-5-3-7-16(11-14)22(23,24)25/h3,5,7-9,11-12,15H,4,6,10,13H2,1-2H3,(H,26,29). The number of halogens is 3. The molecule has 1 unspecified atom stereocenters. The fraction of sp³-hybridized carbons (Fsp3) is 0.364. The van der Waals surface area contributed by atoms with Gasteiger partial charge in [-0.2, -0.15) is 13.2 Å². The Morgan fingerprint density at radius 2 is 1.87 bits per heavy atom. The normalized spacial score (nSPS) is 16.5. The number of nitrogens with zero attached hydrogens (tertiary/aromatic N) is 1. The molecule has 9 heteroatoms. The molecule has 0 radical (unpaired) electrons. The van der Waals surface area contributed by atoms with Gasteiger partial charge in [0.2, 0.25) is 0 Å². The smallest absolute Gasteiger partial charge is 0.416 e. The summed E-state index contributed by atoms with van der Waals surface area (Å²) in [6.45, 7) is 0.566. The molecule has 1 fully saturated rings. The fourth-order valence-electron chi connectivity index (χ4n) is 3.56. The molecule has 1 aliphatic heterocycles. The number of carbonyl (C=O) groups is 2. The first-order chi connectivity index (χ1) is 14.7. The number of ketones is 1. The van der Waals surface area contributed by atoms with Crippen LogP contribution in [0.15, 0.2) is 42.5 Å². The summed E-state index contributed by atoms with van der Waals surface area (Å²) in [5, 5.41) is 2.76. The van der Waals surface area contributed by atoms with Crippen LogP contribution in [0.25, 0.3) is 0 Å². The van der Waals surface area contributed by atoms with Crippen molar-refractivity contribution >= 4 is 17.5 Å². The summed E-state index contributed by atoms with van der Waals surface area (Å²) >= 11 is 0. The number of Topliss-reactive ketones (excluding diaryl/α,β-unsaturated/α-hetero) is 1. The number of hydrogen-bond donors (Lipinski definition) is 1. The van der Waals surface area contributed by atoms with Gasteiger partial charge in [-0.25, -0.2) is 4.79 Å². The van der Waals surface area contributed by atoms with Crippen LogP contribution in [0.1, 0.15) is 28.8 Å². The van der Waals surface area contributed by atoms with Crippen LogP contribution in [0.3, 0.4) is 0 Å². The lowest BCUT2D eigenvalue weighted by atomic mass is 9.89. The number of anilines is 1. The Morgan fingerprint density at radius 1 is 1.10 bits per heavy atom. The van der Waals surface area contributed by atoms with Crippen molar-refractivity contribution in [2.45, 2.75) is 19.0 Å². The zero-order valence-electron chi connectivity index (χ0n) is 17.2. The molecule has 1 saturated heterocycles. The van der Waals surface area contributed by atoms with Gasteiger partial charge in [-0.05, 0) is 37.1 Å². The largest absolute Gasteiger partial charge is 0.497 e. The quantitative estimate of drug-likeness (QED) is 0.681. The van der Waals surface area contributed by atoms with Gasteiger partial charge in [0.25, 0.3) is 0 Å². The Labute approximate surface area is 177 Å². The summed E-state index contributed by atoms with van der Waals surface area (Å²) in [4.78, 5) is 27.1. The van der Waals surface area contributed by atoms with E-state index >= 15 is 0 Å². The van der Waals surface area contributed by atoms with Crippen molar-refractivity contribution in [1.29, 1.82) is 0 Å². The average molecular weight is 436 g/mol. The van der Waals surface area contributed by atoms with Crippen LogP contribution in [-0.2, 0) is 6.18 Å². The first kappa shape index (κ1) is 22.5. The van der Waals surface area contributed by atoms with Crippen molar-refractivity contribution < 1.29 is 32.2 Å². The number of methoxy groups -OCH3 is 2. The average Bonchev–Trinajstić information content (AvgIpc) is 2.78. The van der Waals surface area contributed by atoms with Gasteiger partial charge in [-0.1, -0.05) is 12.1 Å². The third kappa shape index (κ3) is 5.28. The highest BCUT2D eigenvalue weighted by Gasteiger charge is 2.33. The molecular weight excluding hydrogens is 413 g/mol. The minimum Gasteiger partial charge on any atom is -0.497 e. The Balaban J connectivity index is 1.70. The molecule has 2 aromatic carbocycles. The zero-order valence-corrected chi connectivity index (χ0v) is 17.2. The summed E-state index contributed by atoms with van der Waals surface area (Å²) in [6, 6.07) is 8.93. The first-order valence-corrected chi connectivity index (χ1v) is 9.72. The van der Waals surface area contributed by atoms with Gasteiger partial charge >= 0.3 is 12.2 Å². The third-order valence-electron chi connectivity index (χ3n) is 5.20. The fourth-order valence-corrected chi connectivity index (χ4v) is 3.56. The maximum Gasteiger partial charge on any atom is 0.416 e. The number of piperidine rings is 1. The van der Waals surface area contributed by atoms with Crippen molar-refractivity contribution in [2.24, 2.45) is 5.92 Å². The maximum atomic E-state index is 13.0. The zero-order chi connectivity index (χ0) is 22.6. The summed E-state index contributed by atoms with van der Waals surface area (Å²) in [5.74, 6) is 0.0206. The van der Waals surface area contributed by atoms with Gasteiger partial charge in [0.15, 0.2) is 5.78 Å². The van der Waals surface area contributed by atoms with E-state index < -0.39 is 29.5 Å². The van der Waals surface area contributed by atoms with Crippen molar-refractivity contribution in [3.05, 3.63) is 53.6 Å². The van der Waals surface area contributed by atoms with E-state index in [1.54, 1.807) is 18.2 Å². The second kappa shape index (κ2) is 9.28. The van der Waals surface area contributed by atoms with E-state index in [0.29, 0.717) is 36.6 Å². The highest BCUT2D eigenvalue weighted by molar-refractivity contribution is 5.99. The molecule has 1 aliphatic rings. The van der Waals surface area contributed by atoms with Gasteiger partial charge in [0.05, 0.1) is 25.5 Å². The van der Waals surface area contributed by atoms with E-state index in [4.69, 9.17) is 9.47 Å². The molecule has 2 amide bonds. The van der Waals surface area contributed by atoms with Crippen LogP contribution in [0, 0.1) is 5.92 Å². The van der Waals surface area contributed by atoms with Crippen LogP contribution in [0.2, 0.25) is 0 Å². The van der Waals surface area contributed by atoms with E-state index in [9.17, 15) is 22.8 Å². The Hall–Kier alpha value is -3.23. The van der Waals surface area contributed by atoms with Crippen LogP contribution < -0.4 is 14.8 Å². The van der Waals surface area contributed by atoms with Crippen LogP contribution >= 0.6 is 0 Å². The van der Waals surface area contributed by atoms with E-state index in [1.807, 2.05) is 0 Å². The van der Waals surface area contributed by atoms with Crippen molar-refractivity contribution in [3.63, 3.8) is 0 Å². The summed E-state index contributed by atoms with van der Waals surface area (Å²) in [5.41, 5.74) is -0.422. The Kier molecular flexibility index (Phi) is 6.72. The number of carbonyl (C=O) groups excluding carboxylic acids is 2. The molecule has 6 nitrogen and oxygen atoms in total. The first-order valence-electron chi connectivity index (χ1n) is 9.72. The van der Waals surface area contributed by atoms with Crippen LogP contribution in [-0.4, -0.2) is 44.0 Å². The number of benzene rings is 2. The number of amides is 2. The van der Waals surface area contributed by atoms with E-state index in [1.165, 1.54) is 31.3 Å². The van der Waals surface area contributed by atoms with E-state index in [0.717, 1.165) is 12.1 Å². The van der Waals surface area contributed by atoms with Crippen LogP contribution in [0.4, 0.5) is 23.7 Å². The number of urea groups is 1. The SMILES string of the molecule is COc1ccc(NC(=O)N2CCCC(C(=O)c3cccc(C(F)(F)F)c3)C2)c(OC)c1. The van der Waals surface area contributed by atoms with Crippen molar-refractivity contribution in [2.75, 3.05) is 32.6 Å². The monoisotopic (exact) mass is 436 g/mol. The molecule has 0 bridgehead atoms. The highest BCUT2D eigenvalue weighted by Crippen LogP contribution is 2.32. The van der Waals surface area contributed by atoms with Gasteiger partial charge < -0.3 is 19.7 Å². The van der Waals surface area contributed by atoms with E-state index in [-0.39, 0.29) is 12.1 Å². The van der Waals surface area contributed by atoms with Gasteiger partial charge in [0, 0.05) is 30.6 Å². The molecule has 1 N–H and O–H groups in total. The van der Waals surface area contributed by atoms with Crippen molar-refractivity contribution in [3.8, 4) is 11.5 Å². The Bertz CT molecular complexity index is 962. The molecule has 3 rings (SSSR count). The number of hydrogen-bond acceptors (Lipinski definition) is 4. The number of alkyl halides is 3. The van der Waals surface area contributed by atoms with Gasteiger partial charge in [0.1, 0.15) is 11.5 Å². The molecule has 0 aromatic heterocycles. The highest BCUT2D eigenvalue weighted by atomic mass is 19.4. The molecule has 1 heterocycles. The molecule has 1 atom stereocenters. The third-order valence-corrected chi connectivity index (χ3v) is 5.20. The topological polar surface area (TPSA) is 67.9 Å². The minimum atomic E-state index is -4.52. The summed E-state index contributed by atoms with van der Waals surface area (Å²) in [6.07, 6.45) is -3.44. The molecule has 0 saturated carbocycles. The van der Waals surface area contributed by atoms with Gasteiger partial charge in [-0.15, -0.1) is 0 Å². The molecule has 0 spiro atoms. The number of rotatable bonds is 5. The minimum absolute atomic E-state index is 0.00101. The maximum absolute atomic E-state index is 13.0. The molecule has 31 heavy (non-hydrogen) atoms. The Morgan fingerprint density at radius 3 is 2.55 bits per heavy atom. The number of nitrogens with one attached hydrogen (secondary N) is 1. The second-order valence-electron chi connectivity index (χ2n) is 7.22. The predicted molar refractivity (Wildman–Crippen MR) is 109 cm³/mol. The summed E-state index contributed by atoms with van der Waals surface area (Å²) in [7, 11) is 2.98. The van der Waals surface area contributed by atoms with Gasteiger partial charge in [-0.3, -0.25) is 4.79 Å². The molecular formula is C22H23F3N2O4. The molecule has 0 aliphatic carbocycles. The lowest BCUT2D eigenvalue weighted by molar-refractivity contribution is -0.137. The number of likely N-dealkylation sites (tertiary alicyclic amines) is 1. The molecule has 2 aromatic rings. The lowest BCUT2D eigenvalue weighted by Gasteiger charge is -2.32. The second-order valence-corrected chi connectivity index (χ2v) is 7.22. The van der Waals surface area contributed by atoms with Crippen LogP contribution in [0.5, 0.6) is 11.5 Å². The lowest BCUT2D eigenvalue weighted by Crippen LogP contribution is -2.44. The number of ether oxygens (including phenoxy) is 2. The van der Waals surface area contributed by atoms with E-state index in [2.05, 4.69) is 5.32 Å². The molecule has 166 valence electrons. The summed E-state index contributed by atoms with van der Waals surface area (Å²) < 4.78 is 49.3.